The monoisotopic (exact) mass is 288 g/mol. The van der Waals surface area contributed by atoms with Crippen LogP contribution >= 0.6 is 0 Å². The molecule has 110 valence electrons. The number of aromatic nitrogens is 3. The molecule has 1 aliphatic rings. The van der Waals surface area contributed by atoms with Crippen LogP contribution in [0.5, 0.6) is 0 Å². The van der Waals surface area contributed by atoms with Crippen molar-refractivity contribution in [1.82, 2.24) is 20.1 Å². The molecule has 2 heterocycles. The zero-order valence-corrected chi connectivity index (χ0v) is 11.8. The molecule has 1 aliphatic heterocycles. The second kappa shape index (κ2) is 5.63. The first-order valence-corrected chi connectivity index (χ1v) is 7.16. The highest BCUT2D eigenvalue weighted by Crippen LogP contribution is 2.31. The average Bonchev–Trinajstić information content (AvgIpc) is 3.15. The van der Waals surface area contributed by atoms with Crippen molar-refractivity contribution in [3.8, 4) is 11.4 Å². The van der Waals surface area contributed by atoms with Crippen LogP contribution in [0.1, 0.15) is 38.1 Å². The van der Waals surface area contributed by atoms with Crippen molar-refractivity contribution in [2.45, 2.75) is 32.2 Å². The molecule has 1 N–H and O–H groups in total. The molecule has 3 rings (SSSR count). The number of likely N-dealkylation sites (tertiary alicyclic amines) is 1. The lowest BCUT2D eigenvalue weighted by molar-refractivity contribution is -0.131. The Morgan fingerprint density at radius 1 is 1.43 bits per heavy atom. The van der Waals surface area contributed by atoms with Gasteiger partial charge in [-0.25, -0.2) is 9.37 Å². The van der Waals surface area contributed by atoms with Crippen LogP contribution in [0.25, 0.3) is 11.4 Å². The Kier molecular flexibility index (Phi) is 3.68. The minimum absolute atomic E-state index is 0.0286. The molecular weight excluding hydrogens is 271 g/mol. The number of nitrogens with zero attached hydrogens (tertiary/aromatic N) is 3. The highest BCUT2D eigenvalue weighted by Gasteiger charge is 2.31. The van der Waals surface area contributed by atoms with Gasteiger partial charge in [0.1, 0.15) is 11.6 Å². The number of halogens is 1. The van der Waals surface area contributed by atoms with E-state index in [1.807, 2.05) is 11.8 Å². The van der Waals surface area contributed by atoms with E-state index in [9.17, 15) is 9.18 Å². The number of carbonyl (C=O) groups excluding carboxylic acids is 1. The third-order valence-corrected chi connectivity index (χ3v) is 3.80. The standard InChI is InChI=1S/C15H17FN4O/c1-2-13(21)20-9-3-4-12(20)15-17-14(18-19-15)10-5-7-11(16)8-6-10/h5-8,12H,2-4,9H2,1H3,(H,17,18,19). The second-order valence-electron chi connectivity index (χ2n) is 5.15. The molecule has 6 heteroatoms. The summed E-state index contributed by atoms with van der Waals surface area (Å²) in [6.07, 6.45) is 2.36. The molecule has 0 bridgehead atoms. The molecular formula is C15H17FN4O. The summed E-state index contributed by atoms with van der Waals surface area (Å²) in [4.78, 5) is 18.3. The first-order valence-electron chi connectivity index (χ1n) is 7.16. The van der Waals surface area contributed by atoms with Gasteiger partial charge in [-0.05, 0) is 37.1 Å². The summed E-state index contributed by atoms with van der Waals surface area (Å²) in [7, 11) is 0. The fourth-order valence-electron chi connectivity index (χ4n) is 2.70. The SMILES string of the molecule is CCC(=O)N1CCCC1c1nc(-c2ccc(F)cc2)n[nH]1. The molecule has 1 amide bonds. The van der Waals surface area contributed by atoms with E-state index >= 15 is 0 Å². The van der Waals surface area contributed by atoms with Gasteiger partial charge in [0.2, 0.25) is 5.91 Å². The molecule has 0 aliphatic carbocycles. The van der Waals surface area contributed by atoms with E-state index in [1.54, 1.807) is 12.1 Å². The van der Waals surface area contributed by atoms with Gasteiger partial charge < -0.3 is 4.90 Å². The molecule has 2 aromatic rings. The number of hydrogen-bond donors (Lipinski definition) is 1. The second-order valence-corrected chi connectivity index (χ2v) is 5.15. The Hall–Kier alpha value is -2.24. The van der Waals surface area contributed by atoms with Crippen molar-refractivity contribution in [1.29, 1.82) is 0 Å². The normalized spacial score (nSPS) is 18.2. The summed E-state index contributed by atoms with van der Waals surface area (Å²) in [6.45, 7) is 2.63. The first-order chi connectivity index (χ1) is 10.2. The van der Waals surface area contributed by atoms with E-state index in [4.69, 9.17) is 0 Å². The zero-order valence-electron chi connectivity index (χ0n) is 11.8. The molecule has 21 heavy (non-hydrogen) atoms. The van der Waals surface area contributed by atoms with Gasteiger partial charge in [-0.1, -0.05) is 6.92 Å². The maximum absolute atomic E-state index is 12.9. The lowest BCUT2D eigenvalue weighted by Crippen LogP contribution is -2.30. The van der Waals surface area contributed by atoms with E-state index in [0.717, 1.165) is 24.9 Å². The van der Waals surface area contributed by atoms with E-state index in [2.05, 4.69) is 15.2 Å². The lowest BCUT2D eigenvalue weighted by Gasteiger charge is -2.22. The predicted molar refractivity (Wildman–Crippen MR) is 75.8 cm³/mol. The van der Waals surface area contributed by atoms with Crippen LogP contribution in [0.4, 0.5) is 4.39 Å². The van der Waals surface area contributed by atoms with Crippen LogP contribution in [0.15, 0.2) is 24.3 Å². The Morgan fingerprint density at radius 3 is 2.90 bits per heavy atom. The summed E-state index contributed by atoms with van der Waals surface area (Å²) in [6, 6.07) is 6.03. The predicted octanol–water partition coefficient (Wildman–Crippen LogP) is 2.68. The third-order valence-electron chi connectivity index (χ3n) is 3.80. The smallest absolute Gasteiger partial charge is 0.222 e. The maximum Gasteiger partial charge on any atom is 0.222 e. The number of carbonyl (C=O) groups is 1. The Morgan fingerprint density at radius 2 is 2.19 bits per heavy atom. The molecule has 5 nitrogen and oxygen atoms in total. The lowest BCUT2D eigenvalue weighted by atomic mass is 10.2. The van der Waals surface area contributed by atoms with Crippen molar-refractivity contribution in [3.63, 3.8) is 0 Å². The summed E-state index contributed by atoms with van der Waals surface area (Å²) in [5.74, 6) is 1.08. The molecule has 1 saturated heterocycles. The minimum Gasteiger partial charge on any atom is -0.332 e. The third kappa shape index (κ3) is 2.66. The molecule has 1 fully saturated rings. The molecule has 0 radical (unpaired) electrons. The fraction of sp³-hybridized carbons (Fsp3) is 0.400. The van der Waals surface area contributed by atoms with Crippen LogP contribution < -0.4 is 0 Å². The van der Waals surface area contributed by atoms with E-state index in [0.29, 0.717) is 18.1 Å². The van der Waals surface area contributed by atoms with Crippen LogP contribution in [0.3, 0.4) is 0 Å². The number of amides is 1. The van der Waals surface area contributed by atoms with E-state index in [1.165, 1.54) is 12.1 Å². The van der Waals surface area contributed by atoms with Gasteiger partial charge in [0.05, 0.1) is 6.04 Å². The van der Waals surface area contributed by atoms with Crippen LogP contribution in [-0.4, -0.2) is 32.5 Å². The minimum atomic E-state index is -0.287. The van der Waals surface area contributed by atoms with Gasteiger partial charge in [-0.3, -0.25) is 9.89 Å². The Labute approximate surface area is 122 Å². The van der Waals surface area contributed by atoms with Crippen molar-refractivity contribution < 1.29 is 9.18 Å². The topological polar surface area (TPSA) is 61.9 Å². The molecule has 1 aromatic heterocycles. The number of H-pyrrole nitrogens is 1. The summed E-state index contributed by atoms with van der Waals surface area (Å²) in [5.41, 5.74) is 0.755. The largest absolute Gasteiger partial charge is 0.332 e. The van der Waals surface area contributed by atoms with Gasteiger partial charge in [-0.15, -0.1) is 0 Å². The van der Waals surface area contributed by atoms with Crippen LogP contribution in [0, 0.1) is 5.82 Å². The van der Waals surface area contributed by atoms with Crippen molar-refractivity contribution >= 4 is 5.91 Å². The van der Waals surface area contributed by atoms with Crippen LogP contribution in [0.2, 0.25) is 0 Å². The van der Waals surface area contributed by atoms with Crippen molar-refractivity contribution in [2.75, 3.05) is 6.54 Å². The van der Waals surface area contributed by atoms with Gasteiger partial charge in [0.15, 0.2) is 5.82 Å². The van der Waals surface area contributed by atoms with Crippen molar-refractivity contribution in [2.24, 2.45) is 0 Å². The summed E-state index contributed by atoms with van der Waals surface area (Å²) in [5, 5.41) is 7.10. The molecule has 0 spiro atoms. The molecule has 1 atom stereocenters. The number of hydrogen-bond acceptors (Lipinski definition) is 3. The average molecular weight is 288 g/mol. The quantitative estimate of drug-likeness (QED) is 0.944. The highest BCUT2D eigenvalue weighted by atomic mass is 19.1. The Bertz CT molecular complexity index is 637. The molecule has 1 unspecified atom stereocenters. The fourth-order valence-corrected chi connectivity index (χ4v) is 2.70. The summed E-state index contributed by atoms with van der Waals surface area (Å²) < 4.78 is 12.9. The molecule has 1 aromatic carbocycles. The summed E-state index contributed by atoms with van der Waals surface area (Å²) >= 11 is 0. The maximum atomic E-state index is 12.9. The van der Waals surface area contributed by atoms with Crippen molar-refractivity contribution in [3.05, 3.63) is 35.9 Å². The molecule has 0 saturated carbocycles. The van der Waals surface area contributed by atoms with Crippen LogP contribution in [-0.2, 0) is 4.79 Å². The van der Waals surface area contributed by atoms with Gasteiger partial charge in [0, 0.05) is 18.5 Å². The first kappa shape index (κ1) is 13.7. The number of nitrogens with one attached hydrogen (secondary N) is 1. The number of rotatable bonds is 3. The zero-order chi connectivity index (χ0) is 14.8. The Balaban J connectivity index is 1.84. The van der Waals surface area contributed by atoms with Gasteiger partial charge in [0.25, 0.3) is 0 Å². The van der Waals surface area contributed by atoms with E-state index in [-0.39, 0.29) is 17.8 Å². The van der Waals surface area contributed by atoms with Gasteiger partial charge in [-0.2, -0.15) is 5.10 Å². The van der Waals surface area contributed by atoms with E-state index < -0.39 is 0 Å². The number of benzene rings is 1. The number of aromatic amines is 1. The highest BCUT2D eigenvalue weighted by molar-refractivity contribution is 5.76. The van der Waals surface area contributed by atoms with Gasteiger partial charge >= 0.3 is 0 Å².